The van der Waals surface area contributed by atoms with E-state index in [0.29, 0.717) is 5.92 Å². The van der Waals surface area contributed by atoms with Crippen molar-refractivity contribution < 1.29 is 5.11 Å². The van der Waals surface area contributed by atoms with Gasteiger partial charge in [-0.05, 0) is 43.6 Å². The van der Waals surface area contributed by atoms with Crippen molar-refractivity contribution in [1.82, 2.24) is 4.90 Å². The number of piperidine rings is 1. The minimum absolute atomic E-state index is 0.116. The Bertz CT molecular complexity index is 269. The Labute approximate surface area is 118 Å². The molecule has 1 aliphatic carbocycles. The fraction of sp³-hybridized carbons (Fsp3) is 1.00. The van der Waals surface area contributed by atoms with Crippen molar-refractivity contribution >= 4 is 0 Å². The molecule has 0 spiro atoms. The number of fused-ring (bicyclic) bond motifs is 1. The summed E-state index contributed by atoms with van der Waals surface area (Å²) in [6.07, 6.45) is 7.97. The molecule has 0 aromatic carbocycles. The number of nitrogens with zero attached hydrogens (tertiary/aromatic N) is 1. The quantitative estimate of drug-likeness (QED) is 0.804. The predicted octanol–water partition coefficient (Wildman–Crippen LogP) is 2.23. The molecule has 1 aliphatic heterocycles. The number of hydrogen-bond acceptors (Lipinski definition) is 3. The molecular formula is C16H32N2O. The highest BCUT2D eigenvalue weighted by Gasteiger charge is 2.35. The molecule has 3 nitrogen and oxygen atoms in total. The first-order chi connectivity index (χ1) is 9.11. The van der Waals surface area contributed by atoms with Gasteiger partial charge in [0.25, 0.3) is 0 Å². The van der Waals surface area contributed by atoms with Crippen LogP contribution in [0.4, 0.5) is 0 Å². The second-order valence-corrected chi connectivity index (χ2v) is 7.13. The van der Waals surface area contributed by atoms with Crippen molar-refractivity contribution in [2.45, 2.75) is 64.5 Å². The summed E-state index contributed by atoms with van der Waals surface area (Å²) in [6.45, 7) is 6.94. The van der Waals surface area contributed by atoms with Crippen LogP contribution in [0.2, 0.25) is 0 Å². The average Bonchev–Trinajstić information content (AvgIpc) is 2.38. The molecular weight excluding hydrogens is 236 g/mol. The van der Waals surface area contributed by atoms with Crippen molar-refractivity contribution in [3.05, 3.63) is 0 Å². The van der Waals surface area contributed by atoms with Crippen molar-refractivity contribution in [2.75, 3.05) is 19.7 Å². The number of aliphatic hydroxyl groups is 1. The summed E-state index contributed by atoms with van der Waals surface area (Å²) in [5.74, 6) is 2.42. The summed E-state index contributed by atoms with van der Waals surface area (Å²) in [5.41, 5.74) is 6.33. The van der Waals surface area contributed by atoms with Gasteiger partial charge >= 0.3 is 0 Å². The molecule has 19 heavy (non-hydrogen) atoms. The molecule has 0 amide bonds. The first kappa shape index (κ1) is 15.3. The Morgan fingerprint density at radius 1 is 1.16 bits per heavy atom. The van der Waals surface area contributed by atoms with Crippen molar-refractivity contribution in [1.29, 1.82) is 0 Å². The maximum Gasteiger partial charge on any atom is 0.0601 e. The average molecular weight is 268 g/mol. The lowest BCUT2D eigenvalue weighted by molar-refractivity contribution is 0.0230. The molecule has 1 saturated heterocycles. The summed E-state index contributed by atoms with van der Waals surface area (Å²) in [5, 5.41) is 9.74. The predicted molar refractivity (Wildman–Crippen MR) is 79.9 cm³/mol. The Balaban J connectivity index is 1.91. The van der Waals surface area contributed by atoms with Crippen LogP contribution in [0.1, 0.15) is 52.4 Å². The lowest BCUT2D eigenvalue weighted by Crippen LogP contribution is -2.55. The van der Waals surface area contributed by atoms with Crippen LogP contribution in [0.15, 0.2) is 0 Å². The molecule has 1 saturated carbocycles. The van der Waals surface area contributed by atoms with E-state index in [2.05, 4.69) is 18.7 Å². The number of hydrogen-bond donors (Lipinski definition) is 2. The molecule has 2 rings (SSSR count). The molecule has 4 atom stereocenters. The van der Waals surface area contributed by atoms with Gasteiger partial charge in [-0.2, -0.15) is 0 Å². The lowest BCUT2D eigenvalue weighted by Gasteiger charge is -2.45. The molecule has 2 aliphatic rings. The summed E-state index contributed by atoms with van der Waals surface area (Å²) in [4.78, 5) is 2.49. The highest BCUT2D eigenvalue weighted by Crippen LogP contribution is 2.36. The maximum absolute atomic E-state index is 9.74. The second-order valence-electron chi connectivity index (χ2n) is 7.13. The Morgan fingerprint density at radius 3 is 2.47 bits per heavy atom. The van der Waals surface area contributed by atoms with E-state index < -0.39 is 0 Å². The standard InChI is InChI=1S/C16H32N2O/c1-12(2)9-15(17)16(11-19)18-8-7-13-5-3-4-6-14(13)10-18/h12-16,19H,3-11,17H2,1-2H3. The Hall–Kier alpha value is -0.120. The molecule has 0 bridgehead atoms. The van der Waals surface area contributed by atoms with E-state index in [1.54, 1.807) is 0 Å². The SMILES string of the molecule is CC(C)CC(N)C(CO)N1CCC2CCCCC2C1. The van der Waals surface area contributed by atoms with Crippen LogP contribution in [-0.2, 0) is 0 Å². The van der Waals surface area contributed by atoms with Crippen LogP contribution < -0.4 is 5.73 Å². The van der Waals surface area contributed by atoms with E-state index in [9.17, 15) is 5.11 Å². The first-order valence-electron chi connectivity index (χ1n) is 8.22. The van der Waals surface area contributed by atoms with Gasteiger partial charge in [0.15, 0.2) is 0 Å². The van der Waals surface area contributed by atoms with Crippen LogP contribution >= 0.6 is 0 Å². The monoisotopic (exact) mass is 268 g/mol. The zero-order chi connectivity index (χ0) is 13.8. The van der Waals surface area contributed by atoms with Gasteiger partial charge in [-0.15, -0.1) is 0 Å². The highest BCUT2D eigenvalue weighted by molar-refractivity contribution is 4.90. The van der Waals surface area contributed by atoms with Crippen molar-refractivity contribution in [3.63, 3.8) is 0 Å². The van der Waals surface area contributed by atoms with E-state index >= 15 is 0 Å². The third kappa shape index (κ3) is 3.93. The Morgan fingerprint density at radius 2 is 1.84 bits per heavy atom. The van der Waals surface area contributed by atoms with Crippen LogP contribution in [0.5, 0.6) is 0 Å². The minimum atomic E-state index is 0.116. The molecule has 0 aromatic rings. The van der Waals surface area contributed by atoms with E-state index in [1.807, 2.05) is 0 Å². The first-order valence-corrected chi connectivity index (χ1v) is 8.22. The summed E-state index contributed by atoms with van der Waals surface area (Å²) >= 11 is 0. The number of nitrogens with two attached hydrogens (primary N) is 1. The zero-order valence-electron chi connectivity index (χ0n) is 12.7. The molecule has 2 fully saturated rings. The number of likely N-dealkylation sites (tertiary alicyclic amines) is 1. The normalized spacial score (nSPS) is 32.1. The van der Waals surface area contributed by atoms with Gasteiger partial charge in [0.2, 0.25) is 0 Å². The van der Waals surface area contributed by atoms with Gasteiger partial charge in [0.1, 0.15) is 0 Å². The molecule has 4 unspecified atom stereocenters. The maximum atomic E-state index is 9.74. The summed E-state index contributed by atoms with van der Waals surface area (Å²) in [7, 11) is 0. The van der Waals surface area contributed by atoms with Crippen molar-refractivity contribution in [2.24, 2.45) is 23.5 Å². The smallest absolute Gasteiger partial charge is 0.0601 e. The van der Waals surface area contributed by atoms with Crippen LogP contribution in [-0.4, -0.2) is 41.8 Å². The van der Waals surface area contributed by atoms with Gasteiger partial charge in [-0.25, -0.2) is 0 Å². The largest absolute Gasteiger partial charge is 0.395 e. The summed E-state index contributed by atoms with van der Waals surface area (Å²) < 4.78 is 0. The third-order valence-corrected chi connectivity index (χ3v) is 5.22. The zero-order valence-corrected chi connectivity index (χ0v) is 12.7. The van der Waals surface area contributed by atoms with Crippen molar-refractivity contribution in [3.8, 4) is 0 Å². The number of rotatable bonds is 5. The second kappa shape index (κ2) is 7.05. The molecule has 1 heterocycles. The molecule has 3 N–H and O–H groups in total. The topological polar surface area (TPSA) is 49.5 Å². The van der Waals surface area contributed by atoms with Crippen LogP contribution in [0.3, 0.4) is 0 Å². The van der Waals surface area contributed by atoms with Crippen LogP contribution in [0.25, 0.3) is 0 Å². The van der Waals surface area contributed by atoms with E-state index in [4.69, 9.17) is 5.73 Å². The molecule has 0 aromatic heterocycles. The molecule has 0 radical (unpaired) electrons. The Kier molecular flexibility index (Phi) is 5.67. The molecule has 3 heteroatoms. The van der Waals surface area contributed by atoms with E-state index in [0.717, 1.165) is 24.8 Å². The van der Waals surface area contributed by atoms with Crippen LogP contribution in [0, 0.1) is 17.8 Å². The van der Waals surface area contributed by atoms with Gasteiger partial charge in [0, 0.05) is 18.6 Å². The lowest BCUT2D eigenvalue weighted by atomic mass is 9.74. The van der Waals surface area contributed by atoms with Gasteiger partial charge in [0.05, 0.1) is 6.61 Å². The summed E-state index contributed by atoms with van der Waals surface area (Å²) in [6, 6.07) is 0.287. The fourth-order valence-corrected chi connectivity index (χ4v) is 4.15. The molecule has 112 valence electrons. The minimum Gasteiger partial charge on any atom is -0.395 e. The van der Waals surface area contributed by atoms with E-state index in [1.165, 1.54) is 38.6 Å². The fourth-order valence-electron chi connectivity index (χ4n) is 4.15. The van der Waals surface area contributed by atoms with Gasteiger partial charge in [-0.1, -0.05) is 33.1 Å². The van der Waals surface area contributed by atoms with E-state index in [-0.39, 0.29) is 18.7 Å². The highest BCUT2D eigenvalue weighted by atomic mass is 16.3. The third-order valence-electron chi connectivity index (χ3n) is 5.22. The van der Waals surface area contributed by atoms with Gasteiger partial charge < -0.3 is 10.8 Å². The van der Waals surface area contributed by atoms with Gasteiger partial charge in [-0.3, -0.25) is 4.90 Å². The number of aliphatic hydroxyl groups excluding tert-OH is 1.